The fourth-order valence-corrected chi connectivity index (χ4v) is 4.09. The smallest absolute Gasteiger partial charge is 0.0771 e. The van der Waals surface area contributed by atoms with E-state index < -0.39 is 0 Å². The molecular weight excluding hydrogens is 180 g/mol. The second-order valence-corrected chi connectivity index (χ2v) is 6.55. The maximum atomic E-state index is 10.5. The molecule has 1 N–H and O–H groups in total. The van der Waals surface area contributed by atoms with Crippen LogP contribution in [0, 0.1) is 11.3 Å². The van der Waals surface area contributed by atoms with Crippen molar-refractivity contribution in [3.63, 3.8) is 0 Å². The van der Waals surface area contributed by atoms with Crippen molar-refractivity contribution in [3.05, 3.63) is 0 Å². The van der Waals surface area contributed by atoms with Crippen molar-refractivity contribution < 1.29 is 5.11 Å². The average molecular weight is 200 g/mol. The van der Waals surface area contributed by atoms with Crippen LogP contribution in [-0.2, 0) is 0 Å². The van der Waals surface area contributed by atoms with Gasteiger partial charge < -0.3 is 5.11 Å². The Hall–Kier alpha value is 0.310. The minimum absolute atomic E-state index is 0.329. The Morgan fingerprint density at radius 1 is 1.23 bits per heavy atom. The van der Waals surface area contributed by atoms with Crippen molar-refractivity contribution in [1.29, 1.82) is 0 Å². The molecule has 1 aliphatic heterocycles. The van der Waals surface area contributed by atoms with E-state index in [1.165, 1.54) is 25.0 Å². The molecule has 1 atom stereocenters. The molecule has 0 aromatic heterocycles. The minimum Gasteiger partial charge on any atom is -0.389 e. The van der Waals surface area contributed by atoms with Gasteiger partial charge >= 0.3 is 0 Å². The molecule has 2 aliphatic rings. The van der Waals surface area contributed by atoms with Gasteiger partial charge in [0.1, 0.15) is 0 Å². The molecule has 0 amide bonds. The maximum absolute atomic E-state index is 10.5. The van der Waals surface area contributed by atoms with Gasteiger partial charge in [-0.05, 0) is 36.3 Å². The summed E-state index contributed by atoms with van der Waals surface area (Å²) < 4.78 is 0. The normalized spacial score (nSPS) is 39.9. The molecule has 1 saturated heterocycles. The lowest BCUT2D eigenvalue weighted by Crippen LogP contribution is -2.50. The molecule has 13 heavy (non-hydrogen) atoms. The Labute approximate surface area is 85.3 Å². The predicted molar refractivity (Wildman–Crippen MR) is 58.0 cm³/mol. The SMILES string of the molecule is CC1(C)CSCC(O)(C2CCC2)C1. The van der Waals surface area contributed by atoms with Crippen molar-refractivity contribution in [3.8, 4) is 0 Å². The molecule has 0 spiro atoms. The van der Waals surface area contributed by atoms with Gasteiger partial charge in [-0.15, -0.1) is 0 Å². The second kappa shape index (κ2) is 3.16. The Bertz CT molecular complexity index is 198. The van der Waals surface area contributed by atoms with Crippen LogP contribution in [-0.4, -0.2) is 22.2 Å². The summed E-state index contributed by atoms with van der Waals surface area (Å²) in [5.41, 5.74) is 0.0118. The molecule has 1 aliphatic carbocycles. The van der Waals surface area contributed by atoms with Crippen LogP contribution in [0.4, 0.5) is 0 Å². The lowest BCUT2D eigenvalue weighted by molar-refractivity contribution is -0.0609. The lowest BCUT2D eigenvalue weighted by atomic mass is 9.67. The Morgan fingerprint density at radius 2 is 1.92 bits per heavy atom. The zero-order valence-electron chi connectivity index (χ0n) is 8.68. The fraction of sp³-hybridized carbons (Fsp3) is 1.00. The Balaban J connectivity index is 2.04. The van der Waals surface area contributed by atoms with Crippen molar-refractivity contribution in [1.82, 2.24) is 0 Å². The highest BCUT2D eigenvalue weighted by Crippen LogP contribution is 2.48. The van der Waals surface area contributed by atoms with E-state index in [1.54, 1.807) is 0 Å². The van der Waals surface area contributed by atoms with Crippen molar-refractivity contribution in [2.75, 3.05) is 11.5 Å². The second-order valence-electron chi connectivity index (χ2n) is 5.57. The van der Waals surface area contributed by atoms with Gasteiger partial charge in [0.15, 0.2) is 0 Å². The third kappa shape index (κ3) is 1.89. The van der Waals surface area contributed by atoms with Gasteiger partial charge in [0.25, 0.3) is 0 Å². The summed E-state index contributed by atoms with van der Waals surface area (Å²) in [7, 11) is 0. The summed E-state index contributed by atoms with van der Waals surface area (Å²) in [5, 5.41) is 10.5. The molecule has 1 saturated carbocycles. The van der Waals surface area contributed by atoms with Gasteiger partial charge in [0.05, 0.1) is 5.60 Å². The standard InChI is InChI=1S/C11H20OS/c1-10(2)6-11(12,8-13-7-10)9-4-3-5-9/h9,12H,3-8H2,1-2H3. The van der Waals surface area contributed by atoms with Crippen molar-refractivity contribution >= 4 is 11.8 Å². The summed E-state index contributed by atoms with van der Waals surface area (Å²) in [5.74, 6) is 2.79. The van der Waals surface area contributed by atoms with Crippen LogP contribution in [0.25, 0.3) is 0 Å². The lowest BCUT2D eigenvalue weighted by Gasteiger charge is -2.48. The van der Waals surface area contributed by atoms with Crippen LogP contribution in [0.5, 0.6) is 0 Å². The summed E-state index contributed by atoms with van der Waals surface area (Å²) in [6, 6.07) is 0. The van der Waals surface area contributed by atoms with E-state index in [-0.39, 0.29) is 5.60 Å². The average Bonchev–Trinajstić information content (AvgIpc) is 1.76. The number of rotatable bonds is 1. The molecule has 1 heterocycles. The molecule has 1 unspecified atom stereocenters. The first-order valence-electron chi connectivity index (χ1n) is 5.32. The summed E-state index contributed by atoms with van der Waals surface area (Å²) in [6.07, 6.45) is 4.86. The first-order chi connectivity index (χ1) is 6.02. The number of hydrogen-bond acceptors (Lipinski definition) is 2. The van der Waals surface area contributed by atoms with Gasteiger partial charge in [-0.3, -0.25) is 0 Å². The van der Waals surface area contributed by atoms with E-state index in [1.807, 2.05) is 11.8 Å². The highest BCUT2D eigenvalue weighted by Gasteiger charge is 2.46. The van der Waals surface area contributed by atoms with Gasteiger partial charge in [-0.25, -0.2) is 0 Å². The number of aliphatic hydroxyl groups is 1. The molecule has 0 aromatic carbocycles. The third-order valence-corrected chi connectivity index (χ3v) is 5.18. The van der Waals surface area contributed by atoms with E-state index in [0.29, 0.717) is 11.3 Å². The van der Waals surface area contributed by atoms with Crippen LogP contribution in [0.15, 0.2) is 0 Å². The largest absolute Gasteiger partial charge is 0.389 e. The molecule has 2 heteroatoms. The van der Waals surface area contributed by atoms with Gasteiger partial charge in [0, 0.05) is 5.75 Å². The maximum Gasteiger partial charge on any atom is 0.0771 e. The van der Waals surface area contributed by atoms with Crippen LogP contribution >= 0.6 is 11.8 Å². The molecular formula is C11H20OS. The van der Waals surface area contributed by atoms with Gasteiger partial charge in [-0.1, -0.05) is 20.3 Å². The highest BCUT2D eigenvalue weighted by atomic mass is 32.2. The molecule has 2 fully saturated rings. The molecule has 0 aromatic rings. The summed E-state index contributed by atoms with van der Waals surface area (Å²) in [4.78, 5) is 0. The van der Waals surface area contributed by atoms with Crippen LogP contribution in [0.2, 0.25) is 0 Å². The minimum atomic E-state index is -0.329. The first-order valence-corrected chi connectivity index (χ1v) is 6.48. The van der Waals surface area contributed by atoms with Crippen molar-refractivity contribution in [2.45, 2.75) is 45.1 Å². The van der Waals surface area contributed by atoms with E-state index in [2.05, 4.69) is 13.8 Å². The summed E-state index contributed by atoms with van der Waals surface area (Å²) in [6.45, 7) is 4.56. The number of hydrogen-bond donors (Lipinski definition) is 1. The zero-order valence-corrected chi connectivity index (χ0v) is 9.49. The van der Waals surface area contributed by atoms with E-state index in [9.17, 15) is 5.11 Å². The highest BCUT2D eigenvalue weighted by molar-refractivity contribution is 7.99. The predicted octanol–water partition coefficient (Wildman–Crippen LogP) is 2.68. The van der Waals surface area contributed by atoms with E-state index >= 15 is 0 Å². The molecule has 0 radical (unpaired) electrons. The molecule has 2 rings (SSSR count). The van der Waals surface area contributed by atoms with Crippen LogP contribution in [0.1, 0.15) is 39.5 Å². The van der Waals surface area contributed by atoms with Gasteiger partial charge in [-0.2, -0.15) is 11.8 Å². The molecule has 0 bridgehead atoms. The third-order valence-electron chi connectivity index (χ3n) is 3.49. The monoisotopic (exact) mass is 200 g/mol. The van der Waals surface area contributed by atoms with Crippen LogP contribution < -0.4 is 0 Å². The quantitative estimate of drug-likeness (QED) is 0.702. The Morgan fingerprint density at radius 3 is 2.38 bits per heavy atom. The topological polar surface area (TPSA) is 20.2 Å². The molecule has 1 nitrogen and oxygen atoms in total. The molecule has 76 valence electrons. The first kappa shape index (κ1) is 9.85. The van der Waals surface area contributed by atoms with E-state index in [4.69, 9.17) is 0 Å². The van der Waals surface area contributed by atoms with Crippen LogP contribution in [0.3, 0.4) is 0 Å². The van der Waals surface area contributed by atoms with Crippen molar-refractivity contribution in [2.24, 2.45) is 11.3 Å². The van der Waals surface area contributed by atoms with E-state index in [0.717, 1.165) is 12.2 Å². The zero-order chi connectivity index (χ0) is 9.53. The van der Waals surface area contributed by atoms with Gasteiger partial charge in [0.2, 0.25) is 0 Å². The summed E-state index contributed by atoms with van der Waals surface area (Å²) >= 11 is 1.94. The Kier molecular flexibility index (Phi) is 2.40. The number of thioether (sulfide) groups is 1. The fourth-order valence-electron chi connectivity index (χ4n) is 2.64.